The van der Waals surface area contributed by atoms with Gasteiger partial charge in [0.15, 0.2) is 0 Å². The van der Waals surface area contributed by atoms with Gasteiger partial charge in [-0.2, -0.15) is 0 Å². The Kier molecular flexibility index (Phi) is 7.19. The molecule has 158 valence electrons. The highest BCUT2D eigenvalue weighted by Crippen LogP contribution is 2.20. The molecule has 0 atom stereocenters. The molecule has 1 heterocycles. The summed E-state index contributed by atoms with van der Waals surface area (Å²) in [7, 11) is 0. The topological polar surface area (TPSA) is 90.5 Å². The van der Waals surface area contributed by atoms with E-state index in [9.17, 15) is 14.4 Å². The highest BCUT2D eigenvalue weighted by atomic mass is 16.2. The minimum Gasteiger partial charge on any atom is -0.326 e. The highest BCUT2D eigenvalue weighted by molar-refractivity contribution is 5.94. The van der Waals surface area contributed by atoms with Crippen LogP contribution in [0.1, 0.15) is 25.3 Å². The van der Waals surface area contributed by atoms with Crippen LogP contribution in [0, 0.1) is 12.8 Å². The zero-order valence-corrected chi connectivity index (χ0v) is 17.4. The van der Waals surface area contributed by atoms with E-state index in [1.54, 1.807) is 24.3 Å². The standard InChI is InChI=1S/C23H28N4O3/c1-16-3-5-20(6-4-16)25-22(29)15-27-13-11-18(12-14-27)23(30)26-21-9-7-19(8-10-21)24-17(2)28/h3-10,18H,11-15H2,1-2H3,(H,24,28)(H,25,29)(H,26,30). The van der Waals surface area contributed by atoms with Crippen molar-refractivity contribution in [1.29, 1.82) is 0 Å². The van der Waals surface area contributed by atoms with Crippen molar-refractivity contribution in [2.45, 2.75) is 26.7 Å². The SMILES string of the molecule is CC(=O)Nc1ccc(NC(=O)C2CCN(CC(=O)Nc3ccc(C)cc3)CC2)cc1. The first-order chi connectivity index (χ1) is 14.4. The summed E-state index contributed by atoms with van der Waals surface area (Å²) < 4.78 is 0. The lowest BCUT2D eigenvalue weighted by Gasteiger charge is -2.30. The van der Waals surface area contributed by atoms with Gasteiger partial charge in [0, 0.05) is 29.9 Å². The summed E-state index contributed by atoms with van der Waals surface area (Å²) in [5, 5.41) is 8.55. The zero-order valence-electron chi connectivity index (χ0n) is 17.4. The lowest BCUT2D eigenvalue weighted by molar-refractivity contribution is -0.121. The number of rotatable bonds is 6. The number of benzene rings is 2. The van der Waals surface area contributed by atoms with Crippen LogP contribution in [0.4, 0.5) is 17.1 Å². The molecular formula is C23H28N4O3. The van der Waals surface area contributed by atoms with E-state index in [2.05, 4.69) is 20.9 Å². The van der Waals surface area contributed by atoms with Crippen molar-refractivity contribution in [2.24, 2.45) is 5.92 Å². The first kappa shape index (κ1) is 21.5. The summed E-state index contributed by atoms with van der Waals surface area (Å²) in [6.45, 7) is 5.20. The van der Waals surface area contributed by atoms with Crippen molar-refractivity contribution in [3.63, 3.8) is 0 Å². The van der Waals surface area contributed by atoms with E-state index < -0.39 is 0 Å². The molecule has 2 aromatic rings. The van der Waals surface area contributed by atoms with E-state index in [-0.39, 0.29) is 23.6 Å². The lowest BCUT2D eigenvalue weighted by Crippen LogP contribution is -2.41. The van der Waals surface area contributed by atoms with Crippen LogP contribution in [0.15, 0.2) is 48.5 Å². The molecule has 0 spiro atoms. The number of carbonyl (C=O) groups is 3. The van der Waals surface area contributed by atoms with Crippen LogP contribution in [-0.4, -0.2) is 42.3 Å². The molecule has 1 aliphatic heterocycles. The number of likely N-dealkylation sites (tertiary alicyclic amines) is 1. The van der Waals surface area contributed by atoms with Gasteiger partial charge in [-0.05, 0) is 69.3 Å². The maximum atomic E-state index is 12.5. The van der Waals surface area contributed by atoms with Gasteiger partial charge in [-0.25, -0.2) is 0 Å². The normalized spacial score (nSPS) is 14.7. The summed E-state index contributed by atoms with van der Waals surface area (Å²) in [4.78, 5) is 38.0. The molecule has 1 aliphatic rings. The summed E-state index contributed by atoms with van der Waals surface area (Å²) in [5.41, 5.74) is 3.34. The highest BCUT2D eigenvalue weighted by Gasteiger charge is 2.26. The molecule has 3 N–H and O–H groups in total. The van der Waals surface area contributed by atoms with Crippen LogP contribution in [0.2, 0.25) is 0 Å². The summed E-state index contributed by atoms with van der Waals surface area (Å²) in [6, 6.07) is 14.8. The Balaban J connectivity index is 1.42. The van der Waals surface area contributed by atoms with E-state index in [0.29, 0.717) is 43.9 Å². The Hall–Kier alpha value is -3.19. The molecule has 2 aromatic carbocycles. The van der Waals surface area contributed by atoms with Crippen molar-refractivity contribution in [2.75, 3.05) is 35.6 Å². The van der Waals surface area contributed by atoms with Gasteiger partial charge in [0.1, 0.15) is 0 Å². The van der Waals surface area contributed by atoms with Crippen molar-refractivity contribution >= 4 is 34.8 Å². The van der Waals surface area contributed by atoms with Crippen LogP contribution in [0.25, 0.3) is 0 Å². The maximum absolute atomic E-state index is 12.5. The smallest absolute Gasteiger partial charge is 0.238 e. The Labute approximate surface area is 176 Å². The van der Waals surface area contributed by atoms with Gasteiger partial charge in [0.25, 0.3) is 0 Å². The Morgan fingerprint density at radius 2 is 1.33 bits per heavy atom. The van der Waals surface area contributed by atoms with Gasteiger partial charge in [-0.15, -0.1) is 0 Å². The number of amides is 3. The van der Waals surface area contributed by atoms with Crippen molar-refractivity contribution in [3.05, 3.63) is 54.1 Å². The molecule has 30 heavy (non-hydrogen) atoms. The number of carbonyl (C=O) groups excluding carboxylic acids is 3. The van der Waals surface area contributed by atoms with Crippen LogP contribution < -0.4 is 16.0 Å². The Bertz CT molecular complexity index is 886. The number of aryl methyl sites for hydroxylation is 1. The van der Waals surface area contributed by atoms with Crippen molar-refractivity contribution in [1.82, 2.24) is 4.90 Å². The first-order valence-electron chi connectivity index (χ1n) is 10.2. The molecule has 7 heteroatoms. The van der Waals surface area contributed by atoms with Gasteiger partial charge >= 0.3 is 0 Å². The molecule has 7 nitrogen and oxygen atoms in total. The number of hydrogen-bond acceptors (Lipinski definition) is 4. The van der Waals surface area contributed by atoms with Crippen LogP contribution >= 0.6 is 0 Å². The second kappa shape index (κ2) is 10.0. The lowest BCUT2D eigenvalue weighted by atomic mass is 9.95. The van der Waals surface area contributed by atoms with Gasteiger partial charge in [-0.3, -0.25) is 19.3 Å². The first-order valence-corrected chi connectivity index (χ1v) is 10.2. The van der Waals surface area contributed by atoms with E-state index in [4.69, 9.17) is 0 Å². The number of hydrogen-bond donors (Lipinski definition) is 3. The van der Waals surface area contributed by atoms with Gasteiger partial charge < -0.3 is 16.0 Å². The quantitative estimate of drug-likeness (QED) is 0.684. The van der Waals surface area contributed by atoms with Crippen LogP contribution in [-0.2, 0) is 14.4 Å². The second-order valence-electron chi connectivity index (χ2n) is 7.71. The largest absolute Gasteiger partial charge is 0.326 e. The predicted octanol–water partition coefficient (Wildman–Crippen LogP) is 3.24. The minimum absolute atomic E-state index is 0.00830. The van der Waals surface area contributed by atoms with E-state index in [1.807, 2.05) is 31.2 Å². The average Bonchev–Trinajstić information content (AvgIpc) is 2.71. The molecule has 0 saturated carbocycles. The Morgan fingerprint density at radius 1 is 0.833 bits per heavy atom. The van der Waals surface area contributed by atoms with Gasteiger partial charge in [0.2, 0.25) is 17.7 Å². The molecule has 0 aliphatic carbocycles. The van der Waals surface area contributed by atoms with Crippen molar-refractivity contribution in [3.8, 4) is 0 Å². The fourth-order valence-electron chi connectivity index (χ4n) is 3.48. The number of piperidine rings is 1. The fraction of sp³-hybridized carbons (Fsp3) is 0.348. The molecule has 0 unspecified atom stereocenters. The number of anilines is 3. The fourth-order valence-corrected chi connectivity index (χ4v) is 3.48. The third-order valence-electron chi connectivity index (χ3n) is 5.13. The number of nitrogens with zero attached hydrogens (tertiary/aromatic N) is 1. The second-order valence-corrected chi connectivity index (χ2v) is 7.71. The molecular weight excluding hydrogens is 380 g/mol. The minimum atomic E-state index is -0.133. The van der Waals surface area contributed by atoms with Gasteiger partial charge in [0.05, 0.1) is 6.54 Å². The molecule has 0 radical (unpaired) electrons. The van der Waals surface area contributed by atoms with E-state index in [0.717, 1.165) is 11.3 Å². The monoisotopic (exact) mass is 408 g/mol. The number of nitrogens with one attached hydrogen (secondary N) is 3. The maximum Gasteiger partial charge on any atom is 0.238 e. The van der Waals surface area contributed by atoms with E-state index in [1.165, 1.54) is 6.92 Å². The third kappa shape index (κ3) is 6.42. The molecule has 0 bridgehead atoms. The summed E-state index contributed by atoms with van der Waals surface area (Å²) in [6.07, 6.45) is 1.43. The van der Waals surface area contributed by atoms with Crippen LogP contribution in [0.5, 0.6) is 0 Å². The molecule has 3 amide bonds. The zero-order chi connectivity index (χ0) is 21.5. The summed E-state index contributed by atoms with van der Waals surface area (Å²) >= 11 is 0. The molecule has 1 fully saturated rings. The Morgan fingerprint density at radius 3 is 1.90 bits per heavy atom. The van der Waals surface area contributed by atoms with Crippen molar-refractivity contribution < 1.29 is 14.4 Å². The third-order valence-corrected chi connectivity index (χ3v) is 5.13. The van der Waals surface area contributed by atoms with E-state index >= 15 is 0 Å². The summed E-state index contributed by atoms with van der Waals surface area (Å²) in [5.74, 6) is -0.255. The van der Waals surface area contributed by atoms with Crippen LogP contribution in [0.3, 0.4) is 0 Å². The predicted molar refractivity (Wildman–Crippen MR) is 118 cm³/mol. The average molecular weight is 409 g/mol. The van der Waals surface area contributed by atoms with Gasteiger partial charge in [-0.1, -0.05) is 17.7 Å². The molecule has 0 aromatic heterocycles. The molecule has 3 rings (SSSR count). The molecule has 1 saturated heterocycles.